The molecule has 19 heavy (non-hydrogen) atoms. The van der Waals surface area contributed by atoms with Crippen LogP contribution in [0.3, 0.4) is 0 Å². The van der Waals surface area contributed by atoms with E-state index in [0.29, 0.717) is 18.0 Å². The zero-order valence-electron chi connectivity index (χ0n) is 10.5. The van der Waals surface area contributed by atoms with Crippen LogP contribution in [-0.4, -0.2) is 6.54 Å². The topological polar surface area (TPSA) is 12.0 Å². The van der Waals surface area contributed by atoms with Gasteiger partial charge >= 0.3 is 0 Å². The van der Waals surface area contributed by atoms with E-state index >= 15 is 0 Å². The van der Waals surface area contributed by atoms with Gasteiger partial charge in [-0.25, -0.2) is 8.78 Å². The monoisotopic (exact) mass is 259 g/mol. The van der Waals surface area contributed by atoms with E-state index in [-0.39, 0.29) is 0 Å². The van der Waals surface area contributed by atoms with Gasteiger partial charge in [0.25, 0.3) is 0 Å². The van der Waals surface area contributed by atoms with E-state index in [0.717, 1.165) is 19.0 Å². The molecule has 98 valence electrons. The maximum atomic E-state index is 13.0. The molecule has 2 aromatic carbocycles. The van der Waals surface area contributed by atoms with Crippen molar-refractivity contribution in [3.8, 4) is 0 Å². The summed E-state index contributed by atoms with van der Waals surface area (Å²) in [5.74, 6) is -0.522. The average Bonchev–Trinajstić information content (AvgIpc) is 2.34. The first-order valence-electron chi connectivity index (χ1n) is 6.46. The summed E-state index contributed by atoms with van der Waals surface area (Å²) >= 11 is 0. The zero-order valence-corrected chi connectivity index (χ0v) is 10.5. The predicted octanol–water partition coefficient (Wildman–Crippen LogP) is 3.39. The van der Waals surface area contributed by atoms with Crippen LogP contribution in [0, 0.1) is 11.6 Å². The summed E-state index contributed by atoms with van der Waals surface area (Å²) in [7, 11) is 0. The van der Waals surface area contributed by atoms with E-state index in [1.165, 1.54) is 23.3 Å². The Kier molecular flexibility index (Phi) is 3.30. The molecule has 1 unspecified atom stereocenters. The minimum absolute atomic E-state index is 0.493. The highest BCUT2D eigenvalue weighted by molar-refractivity contribution is 5.40. The molecule has 0 aromatic heterocycles. The fraction of sp³-hybridized carbons (Fsp3) is 0.250. The second kappa shape index (κ2) is 5.10. The molecule has 0 fully saturated rings. The average molecular weight is 259 g/mol. The maximum Gasteiger partial charge on any atom is 0.126 e. The van der Waals surface area contributed by atoms with E-state index in [1.54, 1.807) is 0 Å². The van der Waals surface area contributed by atoms with Crippen molar-refractivity contribution in [1.29, 1.82) is 0 Å². The molecule has 1 atom stereocenters. The lowest BCUT2D eigenvalue weighted by atomic mass is 9.77. The van der Waals surface area contributed by atoms with Crippen molar-refractivity contribution in [2.75, 3.05) is 6.54 Å². The summed E-state index contributed by atoms with van der Waals surface area (Å²) in [6.07, 6.45) is 1.08. The lowest BCUT2D eigenvalue weighted by molar-refractivity contribution is 0.530. The van der Waals surface area contributed by atoms with Crippen LogP contribution in [-0.2, 0) is 13.0 Å². The van der Waals surface area contributed by atoms with Gasteiger partial charge in [-0.3, -0.25) is 0 Å². The third-order valence-corrected chi connectivity index (χ3v) is 3.60. The van der Waals surface area contributed by atoms with Crippen LogP contribution >= 0.6 is 0 Å². The highest BCUT2D eigenvalue weighted by atomic mass is 19.1. The molecule has 1 aliphatic rings. The Balaban J connectivity index is 1.55. The fourth-order valence-corrected chi connectivity index (χ4v) is 2.65. The van der Waals surface area contributed by atoms with Crippen molar-refractivity contribution in [3.05, 3.63) is 70.8 Å². The largest absolute Gasteiger partial charge is 0.312 e. The SMILES string of the molecule is Fc1cc(F)cc(CNCC2Cc3ccccc32)c1. The molecule has 0 saturated heterocycles. The molecule has 0 aliphatic heterocycles. The Labute approximate surface area is 111 Å². The van der Waals surface area contributed by atoms with Crippen LogP contribution in [0.25, 0.3) is 0 Å². The van der Waals surface area contributed by atoms with Crippen LogP contribution in [0.15, 0.2) is 42.5 Å². The standard InChI is InChI=1S/C16H15F2N/c17-14-5-11(6-15(18)8-14)9-19-10-13-7-12-3-1-2-4-16(12)13/h1-6,8,13,19H,7,9-10H2. The van der Waals surface area contributed by atoms with Gasteiger partial charge in [0.2, 0.25) is 0 Å². The molecule has 3 rings (SSSR count). The van der Waals surface area contributed by atoms with Gasteiger partial charge in [0.15, 0.2) is 0 Å². The molecule has 0 radical (unpaired) electrons. The highest BCUT2D eigenvalue weighted by Crippen LogP contribution is 2.33. The molecule has 0 heterocycles. The van der Waals surface area contributed by atoms with Crippen molar-refractivity contribution >= 4 is 0 Å². The maximum absolute atomic E-state index is 13.0. The van der Waals surface area contributed by atoms with Crippen molar-refractivity contribution in [3.63, 3.8) is 0 Å². The molecule has 1 aliphatic carbocycles. The van der Waals surface area contributed by atoms with Gasteiger partial charge in [0.05, 0.1) is 0 Å². The Hall–Kier alpha value is -1.74. The number of fused-ring (bicyclic) bond motifs is 1. The first-order chi connectivity index (χ1) is 9.22. The smallest absolute Gasteiger partial charge is 0.126 e. The minimum atomic E-state index is -0.522. The quantitative estimate of drug-likeness (QED) is 0.887. The fourth-order valence-electron chi connectivity index (χ4n) is 2.65. The van der Waals surface area contributed by atoms with Gasteiger partial charge in [0.1, 0.15) is 11.6 Å². The molecule has 0 saturated carbocycles. The van der Waals surface area contributed by atoms with Crippen molar-refractivity contribution in [2.24, 2.45) is 0 Å². The Bertz CT molecular complexity index is 575. The molecular formula is C16H15F2N. The molecule has 1 nitrogen and oxygen atoms in total. The van der Waals surface area contributed by atoms with E-state index < -0.39 is 11.6 Å². The summed E-state index contributed by atoms with van der Waals surface area (Å²) in [5, 5.41) is 3.27. The highest BCUT2D eigenvalue weighted by Gasteiger charge is 2.24. The first kappa shape index (κ1) is 12.3. The van der Waals surface area contributed by atoms with Crippen LogP contribution in [0.5, 0.6) is 0 Å². The molecule has 0 spiro atoms. The van der Waals surface area contributed by atoms with Gasteiger partial charge in [-0.2, -0.15) is 0 Å². The molecule has 3 heteroatoms. The molecule has 1 N–H and O–H groups in total. The number of hydrogen-bond acceptors (Lipinski definition) is 1. The van der Waals surface area contributed by atoms with Gasteiger partial charge in [-0.1, -0.05) is 24.3 Å². The summed E-state index contributed by atoms with van der Waals surface area (Å²) in [5.41, 5.74) is 3.44. The Morgan fingerprint density at radius 1 is 1.05 bits per heavy atom. The number of halogens is 2. The van der Waals surface area contributed by atoms with E-state index in [9.17, 15) is 8.78 Å². The van der Waals surface area contributed by atoms with Gasteiger partial charge < -0.3 is 5.32 Å². The summed E-state index contributed by atoms with van der Waals surface area (Å²) in [4.78, 5) is 0. The van der Waals surface area contributed by atoms with E-state index in [2.05, 4.69) is 23.5 Å². The van der Waals surface area contributed by atoms with Crippen molar-refractivity contribution in [1.82, 2.24) is 5.32 Å². The second-order valence-corrected chi connectivity index (χ2v) is 5.01. The van der Waals surface area contributed by atoms with Crippen LogP contribution in [0.4, 0.5) is 8.78 Å². The van der Waals surface area contributed by atoms with Gasteiger partial charge in [-0.05, 0) is 35.2 Å². The molecule has 0 bridgehead atoms. The number of benzene rings is 2. The predicted molar refractivity (Wildman–Crippen MR) is 71.0 cm³/mol. The molecular weight excluding hydrogens is 244 g/mol. The van der Waals surface area contributed by atoms with Crippen LogP contribution < -0.4 is 5.32 Å². The lowest BCUT2D eigenvalue weighted by Gasteiger charge is -2.30. The number of nitrogens with one attached hydrogen (secondary N) is 1. The van der Waals surface area contributed by atoms with Crippen LogP contribution in [0.1, 0.15) is 22.6 Å². The third kappa shape index (κ3) is 2.66. The lowest BCUT2D eigenvalue weighted by Crippen LogP contribution is -2.28. The Morgan fingerprint density at radius 3 is 2.53 bits per heavy atom. The summed E-state index contributed by atoms with van der Waals surface area (Å²) in [6, 6.07) is 12.0. The molecule has 2 aromatic rings. The normalized spacial score (nSPS) is 16.8. The van der Waals surface area contributed by atoms with Crippen molar-refractivity contribution < 1.29 is 8.78 Å². The van der Waals surface area contributed by atoms with Crippen LogP contribution in [0.2, 0.25) is 0 Å². The zero-order chi connectivity index (χ0) is 13.2. The Morgan fingerprint density at radius 2 is 1.79 bits per heavy atom. The minimum Gasteiger partial charge on any atom is -0.312 e. The summed E-state index contributed by atoms with van der Waals surface area (Å²) < 4.78 is 26.0. The van der Waals surface area contributed by atoms with E-state index in [1.807, 2.05) is 6.07 Å². The van der Waals surface area contributed by atoms with Gasteiger partial charge in [-0.15, -0.1) is 0 Å². The first-order valence-corrected chi connectivity index (χ1v) is 6.46. The molecule has 0 amide bonds. The summed E-state index contributed by atoms with van der Waals surface area (Å²) in [6.45, 7) is 1.34. The third-order valence-electron chi connectivity index (χ3n) is 3.60. The second-order valence-electron chi connectivity index (χ2n) is 5.01. The van der Waals surface area contributed by atoms with E-state index in [4.69, 9.17) is 0 Å². The number of rotatable bonds is 4. The van der Waals surface area contributed by atoms with Gasteiger partial charge in [0, 0.05) is 25.1 Å². The van der Waals surface area contributed by atoms with Crippen molar-refractivity contribution in [2.45, 2.75) is 18.9 Å². The number of hydrogen-bond donors (Lipinski definition) is 1.